The number of hydrogen-bond donors (Lipinski definition) is 2. The molecule has 24 heavy (non-hydrogen) atoms. The number of nitrogens with zero attached hydrogens (tertiary/aromatic N) is 3. The maximum Gasteiger partial charge on any atom is 0.369 e. The van der Waals surface area contributed by atoms with Crippen LogP contribution in [0.25, 0.3) is 0 Å². The summed E-state index contributed by atoms with van der Waals surface area (Å²) in [6.07, 6.45) is 1.49. The fourth-order valence-electron chi connectivity index (χ4n) is 1.49. The number of esters is 1. The number of hydrazone groups is 1. The zero-order valence-electron chi connectivity index (χ0n) is 12.3. The molecular formula is C13H11N5O4S2. The molecule has 2 N–H and O–H groups in total. The fourth-order valence-corrected chi connectivity index (χ4v) is 3.28. The summed E-state index contributed by atoms with van der Waals surface area (Å²) in [5.74, 6) is -0.878. The van der Waals surface area contributed by atoms with Crippen LogP contribution in [0.4, 0.5) is 10.8 Å². The molecule has 9 nitrogen and oxygen atoms in total. The topological polar surface area (TPSA) is 134 Å². The van der Waals surface area contributed by atoms with E-state index in [0.717, 1.165) is 18.4 Å². The Bertz CT molecular complexity index is 883. The molecule has 0 aliphatic rings. The van der Waals surface area contributed by atoms with Gasteiger partial charge in [-0.1, -0.05) is 0 Å². The first-order valence-electron chi connectivity index (χ1n) is 6.31. The van der Waals surface area contributed by atoms with E-state index in [1.807, 2.05) is 0 Å². The summed E-state index contributed by atoms with van der Waals surface area (Å²) in [5, 5.41) is 14.3. The number of carbonyl (C=O) groups excluding carboxylic acids is 1. The molecule has 0 radical (unpaired) electrons. The quantitative estimate of drug-likeness (QED) is 0.449. The summed E-state index contributed by atoms with van der Waals surface area (Å²) in [6.45, 7) is 0. The number of benzene rings is 1. The molecule has 0 unspecified atom stereocenters. The lowest BCUT2D eigenvalue weighted by Gasteiger charge is -2.06. The second kappa shape index (κ2) is 7.53. The van der Waals surface area contributed by atoms with Crippen molar-refractivity contribution < 1.29 is 17.9 Å². The van der Waals surface area contributed by atoms with Gasteiger partial charge >= 0.3 is 5.97 Å². The summed E-state index contributed by atoms with van der Waals surface area (Å²) in [7, 11) is -2.62. The normalized spacial score (nSPS) is 11.4. The summed E-state index contributed by atoms with van der Waals surface area (Å²) in [5.41, 5.74) is 2.40. The highest BCUT2D eigenvalue weighted by atomic mass is 32.2. The zero-order chi connectivity index (χ0) is 17.6. The van der Waals surface area contributed by atoms with E-state index in [1.54, 1.807) is 11.4 Å². The Balaban J connectivity index is 2.12. The molecule has 124 valence electrons. The predicted molar refractivity (Wildman–Crippen MR) is 88.1 cm³/mol. The third kappa shape index (κ3) is 4.28. The van der Waals surface area contributed by atoms with E-state index in [4.69, 9.17) is 5.26 Å². The summed E-state index contributed by atoms with van der Waals surface area (Å²) >= 11 is 1.16. The van der Waals surface area contributed by atoms with E-state index in [9.17, 15) is 13.2 Å². The lowest BCUT2D eigenvalue weighted by atomic mass is 10.3. The number of nitrogens with one attached hydrogen (secondary N) is 2. The van der Waals surface area contributed by atoms with Crippen molar-refractivity contribution in [1.82, 2.24) is 4.98 Å². The first kappa shape index (κ1) is 17.4. The minimum absolute atomic E-state index is 0.0284. The Hall–Kier alpha value is -2.97. The van der Waals surface area contributed by atoms with Crippen molar-refractivity contribution in [2.75, 3.05) is 17.3 Å². The number of ether oxygens (including phenoxy) is 1. The number of aromatic nitrogens is 1. The zero-order valence-corrected chi connectivity index (χ0v) is 13.9. The second-order valence-electron chi connectivity index (χ2n) is 4.14. The highest BCUT2D eigenvalue weighted by Gasteiger charge is 2.15. The molecule has 0 saturated heterocycles. The Labute approximate surface area is 141 Å². The van der Waals surface area contributed by atoms with Gasteiger partial charge in [0.2, 0.25) is 5.71 Å². The Morgan fingerprint density at radius 1 is 1.38 bits per heavy atom. The van der Waals surface area contributed by atoms with Gasteiger partial charge in [-0.25, -0.2) is 18.2 Å². The van der Waals surface area contributed by atoms with E-state index in [0.29, 0.717) is 5.69 Å². The van der Waals surface area contributed by atoms with Gasteiger partial charge < -0.3 is 4.74 Å². The first-order valence-corrected chi connectivity index (χ1v) is 8.67. The molecule has 11 heteroatoms. The van der Waals surface area contributed by atoms with Crippen LogP contribution >= 0.6 is 11.3 Å². The number of sulfonamides is 1. The smallest absolute Gasteiger partial charge is 0.369 e. The van der Waals surface area contributed by atoms with Crippen LogP contribution in [0.2, 0.25) is 0 Å². The third-order valence-corrected chi connectivity index (χ3v) is 4.77. The minimum Gasteiger partial charge on any atom is -0.464 e. The molecule has 0 aliphatic carbocycles. The molecule has 0 bridgehead atoms. The molecule has 1 heterocycles. The van der Waals surface area contributed by atoms with E-state index >= 15 is 0 Å². The van der Waals surface area contributed by atoms with Crippen LogP contribution in [0.5, 0.6) is 0 Å². The first-order chi connectivity index (χ1) is 11.5. The van der Waals surface area contributed by atoms with Crippen LogP contribution in [-0.2, 0) is 19.6 Å². The Morgan fingerprint density at radius 2 is 2.08 bits per heavy atom. The van der Waals surface area contributed by atoms with Crippen molar-refractivity contribution in [2.24, 2.45) is 5.10 Å². The van der Waals surface area contributed by atoms with Crippen LogP contribution in [0, 0.1) is 11.3 Å². The van der Waals surface area contributed by atoms with Gasteiger partial charge in [0.1, 0.15) is 6.07 Å². The molecule has 2 aromatic rings. The number of thiazole rings is 1. The molecule has 0 fully saturated rings. The summed E-state index contributed by atoms with van der Waals surface area (Å²) < 4.78 is 31.0. The summed E-state index contributed by atoms with van der Waals surface area (Å²) in [4.78, 5) is 15.1. The van der Waals surface area contributed by atoms with Crippen LogP contribution in [-0.4, -0.2) is 32.2 Å². The minimum atomic E-state index is -3.75. The standard InChI is InChI=1S/C13H11N5O4S2/c1-22-12(19)11(8-14)17-16-9-2-4-10(5-3-9)24(20,21)18-13-15-6-7-23-13/h2-7,16H,1H3,(H,15,18)/b17-11-. The van der Waals surface area contributed by atoms with Crippen molar-refractivity contribution in [3.05, 3.63) is 35.8 Å². The molecule has 0 aliphatic heterocycles. The molecule has 0 amide bonds. The van der Waals surface area contributed by atoms with E-state index < -0.39 is 21.7 Å². The van der Waals surface area contributed by atoms with E-state index in [1.165, 1.54) is 30.5 Å². The molecule has 2 rings (SSSR count). The van der Waals surface area contributed by atoms with Crippen molar-refractivity contribution in [2.45, 2.75) is 4.90 Å². The van der Waals surface area contributed by atoms with Gasteiger partial charge in [-0.2, -0.15) is 10.4 Å². The number of rotatable bonds is 6. The van der Waals surface area contributed by atoms with E-state index in [2.05, 4.69) is 25.0 Å². The molecule has 1 aromatic carbocycles. The van der Waals surface area contributed by atoms with Gasteiger partial charge in [-0.3, -0.25) is 10.1 Å². The van der Waals surface area contributed by atoms with E-state index in [-0.39, 0.29) is 10.0 Å². The van der Waals surface area contributed by atoms with Crippen molar-refractivity contribution in [3.63, 3.8) is 0 Å². The predicted octanol–water partition coefficient (Wildman–Crippen LogP) is 1.41. The lowest BCUT2D eigenvalue weighted by molar-refractivity contribution is -0.132. The number of anilines is 2. The van der Waals surface area contributed by atoms with Crippen molar-refractivity contribution in [1.29, 1.82) is 5.26 Å². The van der Waals surface area contributed by atoms with Gasteiger partial charge in [0.15, 0.2) is 5.13 Å². The van der Waals surface area contributed by atoms with Gasteiger partial charge in [0, 0.05) is 11.6 Å². The third-order valence-electron chi connectivity index (χ3n) is 2.60. The van der Waals surface area contributed by atoms with Crippen LogP contribution in [0.1, 0.15) is 0 Å². The highest BCUT2D eigenvalue weighted by Crippen LogP contribution is 2.19. The lowest BCUT2D eigenvalue weighted by Crippen LogP contribution is -2.15. The van der Waals surface area contributed by atoms with Crippen LogP contribution in [0.15, 0.2) is 45.8 Å². The molecule has 0 spiro atoms. The number of carbonyl (C=O) groups is 1. The fraction of sp³-hybridized carbons (Fsp3) is 0.0769. The SMILES string of the molecule is COC(=O)/C(C#N)=N\Nc1ccc(S(=O)(=O)Nc2nccs2)cc1. The maximum atomic E-state index is 12.2. The summed E-state index contributed by atoms with van der Waals surface area (Å²) in [6, 6.07) is 7.15. The second-order valence-corrected chi connectivity index (χ2v) is 6.72. The van der Waals surface area contributed by atoms with Gasteiger partial charge in [-0.15, -0.1) is 11.3 Å². The average molecular weight is 365 g/mol. The van der Waals surface area contributed by atoms with Gasteiger partial charge in [-0.05, 0) is 24.3 Å². The molecular weight excluding hydrogens is 354 g/mol. The average Bonchev–Trinajstić information content (AvgIpc) is 3.07. The monoisotopic (exact) mass is 365 g/mol. The van der Waals surface area contributed by atoms with Gasteiger partial charge in [0.05, 0.1) is 17.7 Å². The molecule has 0 atom stereocenters. The van der Waals surface area contributed by atoms with Crippen LogP contribution in [0.3, 0.4) is 0 Å². The van der Waals surface area contributed by atoms with Gasteiger partial charge in [0.25, 0.3) is 10.0 Å². The van der Waals surface area contributed by atoms with Crippen molar-refractivity contribution in [3.8, 4) is 6.07 Å². The molecule has 0 saturated carbocycles. The maximum absolute atomic E-state index is 12.2. The largest absolute Gasteiger partial charge is 0.464 e. The van der Waals surface area contributed by atoms with Crippen LogP contribution < -0.4 is 10.1 Å². The Morgan fingerprint density at radius 3 is 2.62 bits per heavy atom. The Kier molecular flexibility index (Phi) is 5.46. The number of hydrogen-bond acceptors (Lipinski definition) is 9. The van der Waals surface area contributed by atoms with Crippen molar-refractivity contribution >= 4 is 43.9 Å². The molecule has 1 aromatic heterocycles. The number of methoxy groups -OCH3 is 1. The number of nitriles is 1. The highest BCUT2D eigenvalue weighted by molar-refractivity contribution is 7.93.